The summed E-state index contributed by atoms with van der Waals surface area (Å²) in [7, 11) is 0. The number of rotatable bonds is 0. The molecule has 0 atom stereocenters. The van der Waals surface area contributed by atoms with Gasteiger partial charge in [0, 0.05) is 0 Å². The average molecular weight is 346 g/mol. The Hall–Kier alpha value is -0.301. The number of hydrogen-bond acceptors (Lipinski definition) is 1. The Bertz CT molecular complexity index is 246. The van der Waals surface area contributed by atoms with Crippen molar-refractivity contribution in [3.63, 3.8) is 0 Å². The predicted molar refractivity (Wildman–Crippen MR) is 71.1 cm³/mol. The molecule has 3 heterocycles. The molecule has 0 bridgehead atoms. The van der Waals surface area contributed by atoms with Crippen LogP contribution in [-0.2, 0) is 0 Å². The van der Waals surface area contributed by atoms with Crippen LogP contribution in [0, 0.1) is 0 Å². The molecule has 0 aliphatic rings. The summed E-state index contributed by atoms with van der Waals surface area (Å²) in [5, 5.41) is 4.08. The van der Waals surface area contributed by atoms with Crippen molar-refractivity contribution in [1.82, 2.24) is 0 Å². The van der Waals surface area contributed by atoms with E-state index in [-0.39, 0.29) is 0 Å². The molecule has 3 heteroatoms. The smallest absolute Gasteiger partial charge is 0.00934 e. The fourth-order valence-corrected chi connectivity index (χ4v) is 3.04. The van der Waals surface area contributed by atoms with E-state index in [0.717, 1.165) is 0 Å². The fourth-order valence-electron chi connectivity index (χ4n) is 0.680. The van der Waals surface area contributed by atoms with Crippen LogP contribution in [-0.4, -0.2) is 29.0 Å². The van der Waals surface area contributed by atoms with Crippen molar-refractivity contribution in [2.45, 2.75) is 0 Å². The van der Waals surface area contributed by atoms with Crippen molar-refractivity contribution in [3.05, 3.63) is 66.9 Å². The largest absolute Gasteiger partial charge is 0.152 e. The van der Waals surface area contributed by atoms with Crippen LogP contribution in [0.5, 0.6) is 0 Å². The summed E-state index contributed by atoms with van der Waals surface area (Å²) >= 11 is 3.13. The zero-order valence-electron chi connectivity index (χ0n) is 8.15. The van der Waals surface area contributed by atoms with E-state index in [1.807, 2.05) is 22.9 Å². The van der Waals surface area contributed by atoms with Crippen molar-refractivity contribution in [2.75, 3.05) is 0 Å². The van der Waals surface area contributed by atoms with Gasteiger partial charge in [-0.2, -0.15) is 11.3 Å². The molecular weight excluding hydrogens is 334 g/mol. The molecule has 0 unspecified atom stereocenters. The summed E-state index contributed by atoms with van der Waals surface area (Å²) < 4.78 is 0. The third kappa shape index (κ3) is 8.68. The molecule has 15 heavy (non-hydrogen) atoms. The minimum absolute atomic E-state index is 0.708. The van der Waals surface area contributed by atoms with Gasteiger partial charge in [0.05, 0.1) is 0 Å². The topological polar surface area (TPSA) is 0 Å². The Morgan fingerprint density at radius 1 is 0.533 bits per heavy atom. The van der Waals surface area contributed by atoms with Gasteiger partial charge in [-0.15, -0.1) is 0 Å². The second kappa shape index (κ2) is 10.2. The standard InChI is InChI=1S/C4H4S.2C4H4Se/c3*1-2-4-5-3-1/h3*1-4H. The molecule has 0 radical (unpaired) electrons. The first-order valence-corrected chi connectivity index (χ1v) is 9.31. The van der Waals surface area contributed by atoms with Gasteiger partial charge in [-0.25, -0.2) is 0 Å². The van der Waals surface area contributed by atoms with Gasteiger partial charge in [0.1, 0.15) is 0 Å². The molecule has 0 spiro atoms. The van der Waals surface area contributed by atoms with Gasteiger partial charge in [-0.05, 0) is 10.8 Å². The normalized spacial score (nSPS) is 8.00. The van der Waals surface area contributed by atoms with E-state index < -0.39 is 0 Å². The first kappa shape index (κ1) is 12.8. The van der Waals surface area contributed by atoms with Crippen LogP contribution < -0.4 is 0 Å². The van der Waals surface area contributed by atoms with Crippen LogP contribution in [0.4, 0.5) is 0 Å². The third-order valence-electron chi connectivity index (χ3n) is 1.28. The molecular formula is C12H12SSe2. The Labute approximate surface area is 107 Å². The third-order valence-corrected chi connectivity index (χ3v) is 4.54. The van der Waals surface area contributed by atoms with Crippen molar-refractivity contribution in [1.29, 1.82) is 0 Å². The summed E-state index contributed by atoms with van der Waals surface area (Å²) in [6.07, 6.45) is 0. The summed E-state index contributed by atoms with van der Waals surface area (Å²) in [6, 6.07) is 12.4. The number of thiophene rings is 1. The molecule has 0 aliphatic carbocycles. The van der Waals surface area contributed by atoms with Gasteiger partial charge in [0.25, 0.3) is 0 Å². The molecule has 0 fully saturated rings. The van der Waals surface area contributed by atoms with Gasteiger partial charge in [-0.3, -0.25) is 0 Å². The Morgan fingerprint density at radius 3 is 1.07 bits per heavy atom. The first-order chi connectivity index (χ1) is 7.50. The van der Waals surface area contributed by atoms with Crippen molar-refractivity contribution in [2.24, 2.45) is 0 Å². The second-order valence-electron chi connectivity index (χ2n) is 2.38. The van der Waals surface area contributed by atoms with Crippen molar-refractivity contribution < 1.29 is 0 Å². The van der Waals surface area contributed by atoms with Crippen LogP contribution in [0.15, 0.2) is 66.9 Å². The molecule has 0 amide bonds. The van der Waals surface area contributed by atoms with Crippen LogP contribution in [0.1, 0.15) is 0 Å². The minimum Gasteiger partial charge on any atom is -0.152 e. The Balaban J connectivity index is 0.000000112. The summed E-state index contributed by atoms with van der Waals surface area (Å²) in [5.74, 6) is 0. The zero-order chi connectivity index (χ0) is 10.6. The maximum Gasteiger partial charge on any atom is -0.00934 e. The predicted octanol–water partition coefficient (Wildman–Crippen LogP) is 3.24. The Kier molecular flexibility index (Phi) is 8.70. The monoisotopic (exact) mass is 348 g/mol. The SMILES string of the molecule is c1cc[se]c1.c1cc[se]c1.c1ccsc1. The van der Waals surface area contributed by atoms with Gasteiger partial charge in [-0.1, -0.05) is 12.1 Å². The van der Waals surface area contributed by atoms with E-state index in [1.165, 1.54) is 0 Å². The summed E-state index contributed by atoms with van der Waals surface area (Å²) in [6.45, 7) is 0. The average Bonchev–Trinajstić information content (AvgIpc) is 3.09. The van der Waals surface area contributed by atoms with Crippen LogP contribution in [0.3, 0.4) is 0 Å². The van der Waals surface area contributed by atoms with Gasteiger partial charge >= 0.3 is 73.0 Å². The first-order valence-electron chi connectivity index (χ1n) is 4.41. The maximum absolute atomic E-state index is 2.19. The summed E-state index contributed by atoms with van der Waals surface area (Å²) in [4.78, 5) is 8.75. The Morgan fingerprint density at radius 2 is 0.933 bits per heavy atom. The molecule has 0 saturated heterocycles. The van der Waals surface area contributed by atoms with E-state index in [4.69, 9.17) is 0 Å². The molecule has 0 aromatic carbocycles. The second-order valence-corrected chi connectivity index (χ2v) is 6.62. The van der Waals surface area contributed by atoms with E-state index in [1.54, 1.807) is 11.3 Å². The van der Waals surface area contributed by atoms with E-state index in [0.29, 0.717) is 29.0 Å². The summed E-state index contributed by atoms with van der Waals surface area (Å²) in [5.41, 5.74) is 0. The molecule has 0 saturated carbocycles. The van der Waals surface area contributed by atoms with E-state index in [9.17, 15) is 0 Å². The molecule has 0 N–H and O–H groups in total. The van der Waals surface area contributed by atoms with Gasteiger partial charge < -0.3 is 0 Å². The van der Waals surface area contributed by atoms with Gasteiger partial charge in [0.15, 0.2) is 0 Å². The van der Waals surface area contributed by atoms with Crippen LogP contribution in [0.2, 0.25) is 0 Å². The molecule has 0 nitrogen and oxygen atoms in total. The van der Waals surface area contributed by atoms with Gasteiger partial charge in [0.2, 0.25) is 0 Å². The quantitative estimate of drug-likeness (QED) is 0.549. The van der Waals surface area contributed by atoms with Crippen LogP contribution >= 0.6 is 11.3 Å². The molecule has 78 valence electrons. The fraction of sp³-hybridized carbons (Fsp3) is 0. The van der Waals surface area contributed by atoms with E-state index in [2.05, 4.69) is 44.0 Å². The number of hydrogen-bond donors (Lipinski definition) is 0. The maximum atomic E-state index is 2.19. The van der Waals surface area contributed by atoms with Crippen molar-refractivity contribution >= 4 is 40.3 Å². The molecule has 3 aromatic rings. The molecule has 3 rings (SSSR count). The minimum atomic E-state index is 0.708. The van der Waals surface area contributed by atoms with Crippen molar-refractivity contribution in [3.8, 4) is 0 Å². The molecule has 0 aliphatic heterocycles. The zero-order valence-corrected chi connectivity index (χ0v) is 12.4. The van der Waals surface area contributed by atoms with E-state index >= 15 is 0 Å². The molecule has 3 aromatic heterocycles. The van der Waals surface area contributed by atoms with Crippen LogP contribution in [0.25, 0.3) is 0 Å².